The number of likely N-dealkylation sites (tertiary alicyclic amines) is 1. The van der Waals surface area contributed by atoms with Crippen molar-refractivity contribution in [1.29, 1.82) is 0 Å². The van der Waals surface area contributed by atoms with Crippen molar-refractivity contribution in [2.75, 3.05) is 19.6 Å². The highest BCUT2D eigenvalue weighted by atomic mass is 16.2. The van der Waals surface area contributed by atoms with E-state index >= 15 is 0 Å². The van der Waals surface area contributed by atoms with Crippen LogP contribution in [0.5, 0.6) is 0 Å². The molecule has 0 aliphatic carbocycles. The highest BCUT2D eigenvalue weighted by Crippen LogP contribution is 2.26. The van der Waals surface area contributed by atoms with Gasteiger partial charge in [-0.25, -0.2) is 4.79 Å². The van der Waals surface area contributed by atoms with Crippen molar-refractivity contribution in [1.82, 2.24) is 20.9 Å². The third-order valence-corrected chi connectivity index (χ3v) is 3.95. The van der Waals surface area contributed by atoms with E-state index in [1.54, 1.807) is 4.90 Å². The molecule has 7 heteroatoms. The molecule has 1 atom stereocenters. The highest BCUT2D eigenvalue weighted by molar-refractivity contribution is 6.07. The van der Waals surface area contributed by atoms with E-state index in [-0.39, 0.29) is 18.4 Å². The van der Waals surface area contributed by atoms with Gasteiger partial charge in [0.15, 0.2) is 0 Å². The van der Waals surface area contributed by atoms with Crippen molar-refractivity contribution in [3.05, 3.63) is 0 Å². The van der Waals surface area contributed by atoms with E-state index < -0.39 is 17.1 Å². The Bertz CT molecular complexity index is 449. The maximum Gasteiger partial charge on any atom is 0.322 e. The SMILES string of the molecule is CCNC(C)(C)C(=O)N1CCCC2(C1)NC(=O)NC2=O. The molecule has 0 bridgehead atoms. The summed E-state index contributed by atoms with van der Waals surface area (Å²) in [5, 5.41) is 8.07. The highest BCUT2D eigenvalue weighted by Gasteiger charge is 2.50. The van der Waals surface area contributed by atoms with Gasteiger partial charge in [-0.3, -0.25) is 14.9 Å². The Hall–Kier alpha value is -1.63. The number of imide groups is 1. The molecule has 0 aromatic carbocycles. The van der Waals surface area contributed by atoms with Crippen LogP contribution in [0.25, 0.3) is 0 Å². The number of rotatable bonds is 3. The molecule has 2 heterocycles. The van der Waals surface area contributed by atoms with Crippen molar-refractivity contribution in [3.8, 4) is 0 Å². The second kappa shape index (κ2) is 5.05. The van der Waals surface area contributed by atoms with Crippen LogP contribution in [0.15, 0.2) is 0 Å². The Morgan fingerprint density at radius 2 is 2.15 bits per heavy atom. The standard InChI is InChI=1S/C13H22N4O3/c1-4-14-12(2,3)10(19)17-7-5-6-13(8-17)9(18)15-11(20)16-13/h14H,4-8H2,1-3H3,(H2,15,16,18,20). The van der Waals surface area contributed by atoms with Gasteiger partial charge in [0.25, 0.3) is 5.91 Å². The molecule has 1 spiro atoms. The van der Waals surface area contributed by atoms with Gasteiger partial charge in [0.05, 0.1) is 12.1 Å². The molecule has 2 fully saturated rings. The minimum absolute atomic E-state index is 0.0487. The van der Waals surface area contributed by atoms with Gasteiger partial charge in [0.1, 0.15) is 5.54 Å². The van der Waals surface area contributed by atoms with Crippen LogP contribution in [0.3, 0.4) is 0 Å². The van der Waals surface area contributed by atoms with E-state index in [0.717, 1.165) is 0 Å². The van der Waals surface area contributed by atoms with E-state index in [1.807, 2.05) is 20.8 Å². The van der Waals surface area contributed by atoms with Crippen LogP contribution >= 0.6 is 0 Å². The topological polar surface area (TPSA) is 90.5 Å². The van der Waals surface area contributed by atoms with Crippen LogP contribution in [0, 0.1) is 0 Å². The molecule has 2 aliphatic rings. The molecular formula is C13H22N4O3. The second-order valence-corrected chi connectivity index (χ2v) is 5.98. The van der Waals surface area contributed by atoms with Gasteiger partial charge >= 0.3 is 6.03 Å². The number of hydrogen-bond donors (Lipinski definition) is 3. The summed E-state index contributed by atoms with van der Waals surface area (Å²) in [6, 6.07) is -0.477. The lowest BCUT2D eigenvalue weighted by Gasteiger charge is -2.41. The fraction of sp³-hybridized carbons (Fsp3) is 0.769. The number of carbonyl (C=O) groups excluding carboxylic acids is 3. The summed E-state index contributed by atoms with van der Waals surface area (Å²) < 4.78 is 0. The molecular weight excluding hydrogens is 260 g/mol. The van der Waals surface area contributed by atoms with E-state index in [1.165, 1.54) is 0 Å². The van der Waals surface area contributed by atoms with Crippen LogP contribution in [0.4, 0.5) is 4.79 Å². The minimum atomic E-state index is -0.951. The molecule has 2 saturated heterocycles. The van der Waals surface area contributed by atoms with Crippen molar-refractivity contribution in [2.45, 2.75) is 44.7 Å². The van der Waals surface area contributed by atoms with E-state index in [4.69, 9.17) is 0 Å². The first-order valence-electron chi connectivity index (χ1n) is 6.99. The van der Waals surface area contributed by atoms with Gasteiger partial charge in [0.2, 0.25) is 5.91 Å². The van der Waals surface area contributed by atoms with Crippen LogP contribution in [-0.4, -0.2) is 53.5 Å². The second-order valence-electron chi connectivity index (χ2n) is 5.98. The molecule has 2 aliphatic heterocycles. The quantitative estimate of drug-likeness (QED) is 0.613. The third kappa shape index (κ3) is 2.49. The first-order chi connectivity index (χ1) is 9.31. The number of amides is 4. The fourth-order valence-corrected chi connectivity index (χ4v) is 2.96. The summed E-state index contributed by atoms with van der Waals surface area (Å²) in [7, 11) is 0. The number of urea groups is 1. The Kier molecular flexibility index (Phi) is 3.73. The number of likely N-dealkylation sites (N-methyl/N-ethyl adjacent to an activating group) is 1. The van der Waals surface area contributed by atoms with Gasteiger partial charge in [-0.1, -0.05) is 6.92 Å². The van der Waals surface area contributed by atoms with Gasteiger partial charge in [-0.15, -0.1) is 0 Å². The number of hydrogen-bond acceptors (Lipinski definition) is 4. The zero-order chi connectivity index (χ0) is 15.0. The van der Waals surface area contributed by atoms with E-state index in [2.05, 4.69) is 16.0 Å². The van der Waals surface area contributed by atoms with E-state index in [9.17, 15) is 14.4 Å². The Morgan fingerprint density at radius 1 is 1.45 bits per heavy atom. The molecule has 0 aromatic rings. The van der Waals surface area contributed by atoms with E-state index in [0.29, 0.717) is 25.9 Å². The molecule has 0 saturated carbocycles. The minimum Gasteiger partial charge on any atom is -0.338 e. The van der Waals surface area contributed by atoms with Crippen molar-refractivity contribution in [2.24, 2.45) is 0 Å². The van der Waals surface area contributed by atoms with Crippen LogP contribution in [0.1, 0.15) is 33.6 Å². The Morgan fingerprint density at radius 3 is 2.70 bits per heavy atom. The van der Waals surface area contributed by atoms with Crippen molar-refractivity contribution in [3.63, 3.8) is 0 Å². The Labute approximate surface area is 118 Å². The van der Waals surface area contributed by atoms with Crippen LogP contribution < -0.4 is 16.0 Å². The number of nitrogens with one attached hydrogen (secondary N) is 3. The average Bonchev–Trinajstić information content (AvgIpc) is 2.63. The third-order valence-electron chi connectivity index (χ3n) is 3.95. The molecule has 0 radical (unpaired) electrons. The zero-order valence-corrected chi connectivity index (χ0v) is 12.2. The smallest absolute Gasteiger partial charge is 0.322 e. The van der Waals surface area contributed by atoms with Crippen molar-refractivity contribution < 1.29 is 14.4 Å². The average molecular weight is 282 g/mol. The van der Waals surface area contributed by atoms with Gasteiger partial charge < -0.3 is 15.5 Å². The lowest BCUT2D eigenvalue weighted by atomic mass is 9.88. The number of nitrogens with zero attached hydrogens (tertiary/aromatic N) is 1. The summed E-state index contributed by atoms with van der Waals surface area (Å²) in [5.41, 5.74) is -1.63. The van der Waals surface area contributed by atoms with Gasteiger partial charge in [-0.05, 0) is 33.2 Å². The molecule has 20 heavy (non-hydrogen) atoms. The van der Waals surface area contributed by atoms with Crippen LogP contribution in [0.2, 0.25) is 0 Å². The molecule has 1 unspecified atom stereocenters. The first kappa shape index (κ1) is 14.8. The molecule has 112 valence electrons. The summed E-state index contributed by atoms with van der Waals surface area (Å²) in [4.78, 5) is 37.5. The lowest BCUT2D eigenvalue weighted by molar-refractivity contribution is -0.141. The normalized spacial score (nSPS) is 26.6. The number of carbonyl (C=O) groups is 3. The lowest BCUT2D eigenvalue weighted by Crippen LogP contribution is -2.63. The number of piperidine rings is 1. The monoisotopic (exact) mass is 282 g/mol. The maximum atomic E-state index is 12.6. The first-order valence-corrected chi connectivity index (χ1v) is 6.99. The Balaban J connectivity index is 2.13. The van der Waals surface area contributed by atoms with Gasteiger partial charge in [-0.2, -0.15) is 0 Å². The molecule has 4 amide bonds. The fourth-order valence-electron chi connectivity index (χ4n) is 2.96. The summed E-state index contributed by atoms with van der Waals surface area (Å²) >= 11 is 0. The molecule has 0 aromatic heterocycles. The predicted octanol–water partition coefficient (Wildman–Crippen LogP) is -0.425. The predicted molar refractivity (Wildman–Crippen MR) is 73.0 cm³/mol. The summed E-state index contributed by atoms with van der Waals surface area (Å²) in [6.45, 7) is 7.13. The largest absolute Gasteiger partial charge is 0.338 e. The summed E-state index contributed by atoms with van der Waals surface area (Å²) in [5.74, 6) is -0.381. The van der Waals surface area contributed by atoms with Gasteiger partial charge in [0, 0.05) is 6.54 Å². The molecule has 3 N–H and O–H groups in total. The zero-order valence-electron chi connectivity index (χ0n) is 12.2. The molecule has 2 rings (SSSR count). The molecule has 7 nitrogen and oxygen atoms in total. The maximum absolute atomic E-state index is 12.6. The summed E-state index contributed by atoms with van der Waals surface area (Å²) in [6.07, 6.45) is 1.26. The van der Waals surface area contributed by atoms with Crippen LogP contribution in [-0.2, 0) is 9.59 Å². The van der Waals surface area contributed by atoms with Crippen molar-refractivity contribution >= 4 is 17.8 Å².